The molecule has 0 aliphatic carbocycles. The van der Waals surface area contributed by atoms with Crippen LogP contribution < -0.4 is 21.3 Å². The van der Waals surface area contributed by atoms with Gasteiger partial charge in [-0.15, -0.1) is 0 Å². The lowest BCUT2D eigenvalue weighted by atomic mass is 10.3. The molecular formula is C17H9ClF3N5O4. The van der Waals surface area contributed by atoms with E-state index >= 15 is 0 Å². The predicted octanol–water partition coefficient (Wildman–Crippen LogP) is 2.68. The molecule has 30 heavy (non-hydrogen) atoms. The third kappa shape index (κ3) is 4.41. The van der Waals surface area contributed by atoms with Crippen molar-refractivity contribution in [3.63, 3.8) is 0 Å². The number of halogens is 4. The molecule has 2 heterocycles. The van der Waals surface area contributed by atoms with E-state index in [1.165, 1.54) is 6.07 Å². The highest BCUT2D eigenvalue weighted by atomic mass is 35.5. The Hall–Kier alpha value is -3.85. The van der Waals surface area contributed by atoms with Gasteiger partial charge in [0.05, 0.1) is 25.1 Å². The molecule has 0 saturated heterocycles. The van der Waals surface area contributed by atoms with E-state index in [-0.39, 0.29) is 22.2 Å². The summed E-state index contributed by atoms with van der Waals surface area (Å²) in [5, 5.41) is 4.40. The van der Waals surface area contributed by atoms with E-state index in [4.69, 9.17) is 22.9 Å². The van der Waals surface area contributed by atoms with E-state index in [0.717, 1.165) is 22.8 Å². The van der Waals surface area contributed by atoms with Gasteiger partial charge in [0.15, 0.2) is 11.4 Å². The van der Waals surface area contributed by atoms with E-state index < -0.39 is 40.7 Å². The molecule has 3 aromatic rings. The molecule has 0 bridgehead atoms. The lowest BCUT2D eigenvalue weighted by molar-refractivity contribution is -0.142. The number of nitrogens with zero attached hydrogens (tertiary/aromatic N) is 3. The van der Waals surface area contributed by atoms with Crippen LogP contribution in [-0.4, -0.2) is 19.7 Å². The third-order valence-electron chi connectivity index (χ3n) is 3.68. The van der Waals surface area contributed by atoms with Crippen LogP contribution in [0, 0.1) is 6.57 Å². The number of nitrogens with one attached hydrogen (secondary N) is 2. The van der Waals surface area contributed by atoms with Crippen molar-refractivity contribution in [2.45, 2.75) is 12.7 Å². The van der Waals surface area contributed by atoms with Crippen LogP contribution in [0.15, 0.2) is 45.0 Å². The van der Waals surface area contributed by atoms with Crippen molar-refractivity contribution in [3.05, 3.63) is 89.4 Å². The van der Waals surface area contributed by atoms with Crippen molar-refractivity contribution < 1.29 is 17.9 Å². The Balaban J connectivity index is 2.11. The molecule has 154 valence electrons. The zero-order valence-corrected chi connectivity index (χ0v) is 15.3. The number of rotatable bonds is 4. The van der Waals surface area contributed by atoms with Gasteiger partial charge in [-0.05, 0) is 18.2 Å². The van der Waals surface area contributed by atoms with Crippen molar-refractivity contribution in [2.24, 2.45) is 0 Å². The molecule has 0 fully saturated rings. The first-order valence-corrected chi connectivity index (χ1v) is 8.29. The highest BCUT2D eigenvalue weighted by Crippen LogP contribution is 2.36. The van der Waals surface area contributed by atoms with E-state index in [0.29, 0.717) is 6.33 Å². The second-order valence-electron chi connectivity index (χ2n) is 5.83. The number of ether oxygens (including phenoxy) is 1. The quantitative estimate of drug-likeness (QED) is 0.479. The lowest BCUT2D eigenvalue weighted by Crippen LogP contribution is -2.30. The topological polar surface area (TPSA) is 114 Å². The molecule has 2 aromatic heterocycles. The Morgan fingerprint density at radius 3 is 2.53 bits per heavy atom. The normalized spacial score (nSPS) is 11.2. The van der Waals surface area contributed by atoms with Crippen LogP contribution in [0.2, 0.25) is 5.02 Å². The average Bonchev–Trinajstić information content (AvgIpc) is 2.66. The van der Waals surface area contributed by atoms with Gasteiger partial charge in [-0.3, -0.25) is 24.0 Å². The highest BCUT2D eigenvalue weighted by Gasteiger charge is 2.38. The molecule has 13 heteroatoms. The van der Waals surface area contributed by atoms with Crippen LogP contribution in [0.1, 0.15) is 11.4 Å². The van der Waals surface area contributed by atoms with Crippen molar-refractivity contribution in [1.82, 2.24) is 19.7 Å². The molecule has 0 saturated carbocycles. The van der Waals surface area contributed by atoms with Gasteiger partial charge in [0, 0.05) is 11.1 Å². The fraction of sp³-hybridized carbons (Fsp3) is 0.118. The van der Waals surface area contributed by atoms with Crippen LogP contribution in [0.25, 0.3) is 4.85 Å². The number of alkyl halides is 3. The van der Waals surface area contributed by atoms with E-state index in [2.05, 4.69) is 14.9 Å². The van der Waals surface area contributed by atoms with Gasteiger partial charge in [-0.1, -0.05) is 11.6 Å². The number of aromatic nitrogens is 4. The lowest BCUT2D eigenvalue weighted by Gasteiger charge is -2.15. The van der Waals surface area contributed by atoms with Gasteiger partial charge in [0.1, 0.15) is 5.75 Å². The van der Waals surface area contributed by atoms with Gasteiger partial charge >= 0.3 is 11.7 Å². The maximum atomic E-state index is 13.4. The average molecular weight is 440 g/mol. The van der Waals surface area contributed by atoms with Crippen molar-refractivity contribution >= 4 is 17.3 Å². The summed E-state index contributed by atoms with van der Waals surface area (Å²) in [5.74, 6) is -1.41. The Labute approximate surface area is 169 Å². The molecule has 0 radical (unpaired) electrons. The largest absolute Gasteiger partial charge is 0.451 e. The summed E-state index contributed by atoms with van der Waals surface area (Å²) in [6.45, 7) is 6.58. The van der Waals surface area contributed by atoms with E-state index in [1.807, 2.05) is 5.10 Å². The standard InChI is InChI=1S/C17H9ClF3N5O4/c1-22-9-2-8(18)3-11(4-9)30-13-14(17(19,20)21)23-7-26(16(13)29)6-10-5-12(27)15(28)25-24-10/h2-5,7H,6H2,(H,24,27)(H,25,28). The number of H-pyrrole nitrogens is 2. The van der Waals surface area contributed by atoms with Crippen molar-refractivity contribution in [1.29, 1.82) is 0 Å². The first kappa shape index (κ1) is 20.9. The molecule has 9 nitrogen and oxygen atoms in total. The molecular weight excluding hydrogens is 431 g/mol. The SMILES string of the molecule is [C-]#[N+]c1cc(Cl)cc(Oc2c(C(F)(F)F)ncn(Cc3cc(=O)c(=O)[nH][nH]3)c2=O)c1. The Kier molecular flexibility index (Phi) is 5.48. The first-order chi connectivity index (χ1) is 14.1. The van der Waals surface area contributed by atoms with Crippen molar-refractivity contribution in [2.75, 3.05) is 0 Å². The van der Waals surface area contributed by atoms with Crippen LogP contribution in [0.4, 0.5) is 18.9 Å². The summed E-state index contributed by atoms with van der Waals surface area (Å²) < 4.78 is 46.0. The summed E-state index contributed by atoms with van der Waals surface area (Å²) in [4.78, 5) is 41.6. The molecule has 0 spiro atoms. The van der Waals surface area contributed by atoms with Crippen LogP contribution >= 0.6 is 11.6 Å². The molecule has 0 atom stereocenters. The first-order valence-electron chi connectivity index (χ1n) is 7.92. The maximum Gasteiger partial charge on any atom is 0.437 e. The summed E-state index contributed by atoms with van der Waals surface area (Å²) in [5.41, 5.74) is -4.61. The van der Waals surface area contributed by atoms with E-state index in [1.54, 1.807) is 0 Å². The van der Waals surface area contributed by atoms with Crippen molar-refractivity contribution in [3.8, 4) is 11.5 Å². The minimum Gasteiger partial charge on any atom is -0.451 e. The second kappa shape index (κ2) is 7.88. The molecule has 0 aliphatic heterocycles. The van der Waals surface area contributed by atoms with E-state index in [9.17, 15) is 27.6 Å². The van der Waals surface area contributed by atoms with Gasteiger partial charge in [0.25, 0.3) is 5.56 Å². The van der Waals surface area contributed by atoms with Crippen LogP contribution in [0.3, 0.4) is 0 Å². The Bertz CT molecular complexity index is 1340. The van der Waals surface area contributed by atoms with Gasteiger partial charge in [-0.25, -0.2) is 9.83 Å². The molecule has 1 aromatic carbocycles. The molecule has 0 aliphatic rings. The molecule has 2 N–H and O–H groups in total. The maximum absolute atomic E-state index is 13.4. The number of hydrogen-bond donors (Lipinski definition) is 2. The smallest absolute Gasteiger partial charge is 0.437 e. The molecule has 3 rings (SSSR count). The molecule has 0 unspecified atom stereocenters. The number of aromatic amines is 2. The van der Waals surface area contributed by atoms with Gasteiger partial charge in [-0.2, -0.15) is 13.2 Å². The van der Waals surface area contributed by atoms with Crippen LogP contribution in [0.5, 0.6) is 11.5 Å². The zero-order chi connectivity index (χ0) is 22.1. The summed E-state index contributed by atoms with van der Waals surface area (Å²) in [6.07, 6.45) is -4.38. The fourth-order valence-electron chi connectivity index (χ4n) is 2.39. The summed E-state index contributed by atoms with van der Waals surface area (Å²) >= 11 is 5.82. The number of hydrogen-bond acceptors (Lipinski definition) is 5. The Morgan fingerprint density at radius 1 is 1.17 bits per heavy atom. The predicted molar refractivity (Wildman–Crippen MR) is 98.1 cm³/mol. The minimum atomic E-state index is -5.01. The highest BCUT2D eigenvalue weighted by molar-refractivity contribution is 6.31. The monoisotopic (exact) mass is 439 g/mol. The molecule has 0 amide bonds. The second-order valence-corrected chi connectivity index (χ2v) is 6.26. The fourth-order valence-corrected chi connectivity index (χ4v) is 2.61. The zero-order valence-electron chi connectivity index (χ0n) is 14.6. The summed E-state index contributed by atoms with van der Waals surface area (Å²) in [7, 11) is 0. The Morgan fingerprint density at radius 2 is 1.90 bits per heavy atom. The number of benzene rings is 1. The minimum absolute atomic E-state index is 0.0129. The van der Waals surface area contributed by atoms with Gasteiger partial charge in [0.2, 0.25) is 11.2 Å². The summed E-state index contributed by atoms with van der Waals surface area (Å²) in [6, 6.07) is 4.39. The third-order valence-corrected chi connectivity index (χ3v) is 3.89. The van der Waals surface area contributed by atoms with Gasteiger partial charge < -0.3 is 9.84 Å². The van der Waals surface area contributed by atoms with Crippen LogP contribution in [-0.2, 0) is 12.7 Å².